The van der Waals surface area contributed by atoms with Crippen LogP contribution in [0, 0.1) is 0 Å². The van der Waals surface area contributed by atoms with Gasteiger partial charge in [-0.05, 0) is 19.4 Å². The molecule has 0 rings (SSSR count). The third-order valence-corrected chi connectivity index (χ3v) is 0.854. The van der Waals surface area contributed by atoms with Crippen LogP contribution in [0.25, 0.3) is 0 Å². The highest BCUT2D eigenvalue weighted by Gasteiger charge is 2.06. The van der Waals surface area contributed by atoms with Crippen LogP contribution < -0.4 is 0 Å². The van der Waals surface area contributed by atoms with Crippen molar-refractivity contribution < 1.29 is 13.9 Å². The van der Waals surface area contributed by atoms with E-state index in [0.717, 1.165) is 0 Å². The van der Waals surface area contributed by atoms with Crippen molar-refractivity contribution in [3.8, 4) is 0 Å². The molecule has 0 heterocycles. The van der Waals surface area contributed by atoms with Crippen molar-refractivity contribution in [2.24, 2.45) is 0 Å². The van der Waals surface area contributed by atoms with E-state index in [2.05, 4.69) is 4.74 Å². The van der Waals surface area contributed by atoms with Crippen LogP contribution in [0.5, 0.6) is 0 Å². The molecule has 0 aliphatic carbocycles. The number of allylic oxidation sites excluding steroid dienone is 1. The molecule has 0 saturated heterocycles. The minimum Gasteiger partial charge on any atom is -0.461 e. The van der Waals surface area contributed by atoms with Gasteiger partial charge in [-0.2, -0.15) is 4.39 Å². The summed E-state index contributed by atoms with van der Waals surface area (Å²) in [4.78, 5) is 10.5. The Morgan fingerprint density at radius 1 is 1.60 bits per heavy atom. The first-order valence-corrected chi connectivity index (χ1v) is 3.25. The summed E-state index contributed by atoms with van der Waals surface area (Å²) in [6.07, 6.45) is 1.70. The molecule has 3 heteroatoms. The Morgan fingerprint density at radius 3 is 2.60 bits per heavy atom. The fourth-order valence-corrected chi connectivity index (χ4v) is 0.463. The average Bonchev–Trinajstić information content (AvgIpc) is 1.89. The van der Waals surface area contributed by atoms with Crippen molar-refractivity contribution in [2.75, 3.05) is 6.61 Å². The Kier molecular flexibility index (Phi) is 4.54. The monoisotopic (exact) mass is 146 g/mol. The van der Waals surface area contributed by atoms with Gasteiger partial charge < -0.3 is 4.74 Å². The minimum atomic E-state index is -0.871. The summed E-state index contributed by atoms with van der Waals surface area (Å²) >= 11 is 0. The lowest BCUT2D eigenvalue weighted by Gasteiger charge is -1.96. The number of carbonyl (C=O) groups excluding carboxylic acids is 1. The maximum atomic E-state index is 12.4. The SMILES string of the molecule is CC/C=C(\F)C(=O)OCC. The van der Waals surface area contributed by atoms with Crippen LogP contribution in [0.1, 0.15) is 20.3 Å². The smallest absolute Gasteiger partial charge is 0.366 e. The lowest BCUT2D eigenvalue weighted by atomic mass is 10.4. The molecule has 0 N–H and O–H groups in total. The second kappa shape index (κ2) is 4.97. The fourth-order valence-electron chi connectivity index (χ4n) is 0.463. The number of carbonyl (C=O) groups is 1. The topological polar surface area (TPSA) is 26.3 Å². The first-order valence-electron chi connectivity index (χ1n) is 3.25. The van der Waals surface area contributed by atoms with Gasteiger partial charge in [0.25, 0.3) is 0 Å². The summed E-state index contributed by atoms with van der Waals surface area (Å²) in [7, 11) is 0. The Hall–Kier alpha value is -0.860. The summed E-state index contributed by atoms with van der Waals surface area (Å²) in [5.41, 5.74) is 0. The Labute approximate surface area is 59.7 Å². The third kappa shape index (κ3) is 3.22. The largest absolute Gasteiger partial charge is 0.461 e. The zero-order valence-corrected chi connectivity index (χ0v) is 6.19. The number of ether oxygens (including phenoxy) is 1. The highest BCUT2D eigenvalue weighted by atomic mass is 19.1. The molecule has 0 spiro atoms. The van der Waals surface area contributed by atoms with Gasteiger partial charge in [-0.3, -0.25) is 0 Å². The average molecular weight is 146 g/mol. The molecule has 0 fully saturated rings. The molecule has 0 aliphatic rings. The molecule has 0 saturated carbocycles. The normalized spacial score (nSPS) is 11.3. The summed E-state index contributed by atoms with van der Waals surface area (Å²) in [6, 6.07) is 0. The van der Waals surface area contributed by atoms with Crippen molar-refractivity contribution in [3.63, 3.8) is 0 Å². The van der Waals surface area contributed by atoms with Crippen LogP contribution in [0.2, 0.25) is 0 Å². The molecule has 0 aliphatic heterocycles. The number of halogens is 1. The summed E-state index contributed by atoms with van der Waals surface area (Å²) in [5.74, 6) is -1.67. The molecule has 0 aromatic carbocycles. The van der Waals surface area contributed by atoms with Gasteiger partial charge in [0.2, 0.25) is 5.83 Å². The standard InChI is InChI=1S/C7H11FO2/c1-3-5-6(8)7(9)10-4-2/h5H,3-4H2,1-2H3/b6-5-. The molecular formula is C7H11FO2. The highest BCUT2D eigenvalue weighted by Crippen LogP contribution is 2.00. The number of hydrogen-bond donors (Lipinski definition) is 0. The van der Waals surface area contributed by atoms with Crippen LogP contribution in [-0.2, 0) is 9.53 Å². The van der Waals surface area contributed by atoms with E-state index in [-0.39, 0.29) is 6.61 Å². The summed E-state index contributed by atoms with van der Waals surface area (Å²) in [5, 5.41) is 0. The van der Waals surface area contributed by atoms with Gasteiger partial charge in [0, 0.05) is 0 Å². The lowest BCUT2D eigenvalue weighted by molar-refractivity contribution is -0.140. The molecule has 0 bridgehead atoms. The quantitative estimate of drug-likeness (QED) is 0.448. The lowest BCUT2D eigenvalue weighted by Crippen LogP contribution is -2.03. The molecule has 0 atom stereocenters. The van der Waals surface area contributed by atoms with E-state index in [1.54, 1.807) is 13.8 Å². The van der Waals surface area contributed by atoms with Crippen LogP contribution in [0.3, 0.4) is 0 Å². The van der Waals surface area contributed by atoms with E-state index in [1.807, 2.05) is 0 Å². The van der Waals surface area contributed by atoms with Crippen molar-refractivity contribution in [1.29, 1.82) is 0 Å². The van der Waals surface area contributed by atoms with E-state index in [9.17, 15) is 9.18 Å². The summed E-state index contributed by atoms with van der Waals surface area (Å²) in [6.45, 7) is 3.60. The zero-order chi connectivity index (χ0) is 7.98. The van der Waals surface area contributed by atoms with E-state index in [1.165, 1.54) is 6.08 Å². The van der Waals surface area contributed by atoms with Crippen molar-refractivity contribution in [2.45, 2.75) is 20.3 Å². The van der Waals surface area contributed by atoms with Crippen LogP contribution >= 0.6 is 0 Å². The molecule has 10 heavy (non-hydrogen) atoms. The second-order valence-corrected chi connectivity index (χ2v) is 1.68. The zero-order valence-electron chi connectivity index (χ0n) is 6.19. The van der Waals surface area contributed by atoms with Gasteiger partial charge in [0.1, 0.15) is 0 Å². The Balaban J connectivity index is 3.82. The second-order valence-electron chi connectivity index (χ2n) is 1.68. The van der Waals surface area contributed by atoms with Gasteiger partial charge in [0.15, 0.2) is 0 Å². The highest BCUT2D eigenvalue weighted by molar-refractivity contribution is 5.85. The van der Waals surface area contributed by atoms with Crippen LogP contribution in [0.4, 0.5) is 4.39 Å². The van der Waals surface area contributed by atoms with Crippen molar-refractivity contribution >= 4 is 5.97 Å². The van der Waals surface area contributed by atoms with Crippen LogP contribution in [0.15, 0.2) is 11.9 Å². The Bertz CT molecular complexity index is 141. The molecule has 58 valence electrons. The van der Waals surface area contributed by atoms with E-state index < -0.39 is 11.8 Å². The molecule has 0 amide bonds. The van der Waals surface area contributed by atoms with Gasteiger partial charge in [-0.25, -0.2) is 4.79 Å². The molecule has 0 radical (unpaired) electrons. The predicted octanol–water partition coefficient (Wildman–Crippen LogP) is 1.81. The summed E-state index contributed by atoms with van der Waals surface area (Å²) < 4.78 is 16.7. The van der Waals surface area contributed by atoms with Gasteiger partial charge in [-0.15, -0.1) is 0 Å². The van der Waals surface area contributed by atoms with Gasteiger partial charge >= 0.3 is 5.97 Å². The first-order chi connectivity index (χ1) is 4.72. The van der Waals surface area contributed by atoms with Crippen molar-refractivity contribution in [1.82, 2.24) is 0 Å². The van der Waals surface area contributed by atoms with Gasteiger partial charge in [0.05, 0.1) is 6.61 Å². The fraction of sp³-hybridized carbons (Fsp3) is 0.571. The molecule has 2 nitrogen and oxygen atoms in total. The van der Waals surface area contributed by atoms with Crippen LogP contribution in [-0.4, -0.2) is 12.6 Å². The maximum absolute atomic E-state index is 12.4. The Morgan fingerprint density at radius 2 is 2.20 bits per heavy atom. The molecular weight excluding hydrogens is 135 g/mol. The van der Waals surface area contributed by atoms with E-state index >= 15 is 0 Å². The third-order valence-electron chi connectivity index (χ3n) is 0.854. The van der Waals surface area contributed by atoms with E-state index in [4.69, 9.17) is 0 Å². The van der Waals surface area contributed by atoms with E-state index in [0.29, 0.717) is 6.42 Å². The molecule has 0 aromatic heterocycles. The molecule has 0 unspecified atom stereocenters. The first kappa shape index (κ1) is 9.14. The van der Waals surface area contributed by atoms with Crippen molar-refractivity contribution in [3.05, 3.63) is 11.9 Å². The molecule has 0 aromatic rings. The number of rotatable bonds is 3. The number of esters is 1. The minimum absolute atomic E-state index is 0.212. The number of hydrogen-bond acceptors (Lipinski definition) is 2. The predicted molar refractivity (Wildman–Crippen MR) is 36.1 cm³/mol. The maximum Gasteiger partial charge on any atom is 0.366 e. The van der Waals surface area contributed by atoms with Gasteiger partial charge in [-0.1, -0.05) is 6.92 Å².